The van der Waals surface area contributed by atoms with Crippen molar-refractivity contribution in [2.24, 2.45) is 0 Å². The fourth-order valence-electron chi connectivity index (χ4n) is 2.19. The van der Waals surface area contributed by atoms with Crippen LogP contribution in [0.4, 0.5) is 20.9 Å². The summed E-state index contributed by atoms with van der Waals surface area (Å²) in [4.78, 5) is 16.6. The summed E-state index contributed by atoms with van der Waals surface area (Å²) in [7, 11) is 0. The van der Waals surface area contributed by atoms with E-state index in [-0.39, 0.29) is 18.1 Å². The summed E-state index contributed by atoms with van der Waals surface area (Å²) in [5.74, 6) is -0.456. The third kappa shape index (κ3) is 4.78. The molecule has 0 fully saturated rings. The van der Waals surface area contributed by atoms with E-state index < -0.39 is 0 Å². The van der Waals surface area contributed by atoms with Crippen LogP contribution in [-0.4, -0.2) is 10.9 Å². The van der Waals surface area contributed by atoms with Gasteiger partial charge in [0.2, 0.25) is 5.91 Å². The van der Waals surface area contributed by atoms with E-state index in [4.69, 9.17) is 11.6 Å². The summed E-state index contributed by atoms with van der Waals surface area (Å²) in [6, 6.07) is 11.4. The van der Waals surface area contributed by atoms with Gasteiger partial charge in [0, 0.05) is 21.8 Å². The summed E-state index contributed by atoms with van der Waals surface area (Å²) in [5, 5.41) is 8.96. The highest BCUT2D eigenvalue weighted by molar-refractivity contribution is 7.13. The lowest BCUT2D eigenvalue weighted by atomic mass is 10.2. The van der Waals surface area contributed by atoms with Crippen LogP contribution in [-0.2, 0) is 11.2 Å². The largest absolute Gasteiger partial charge is 0.332 e. The lowest BCUT2D eigenvalue weighted by molar-refractivity contribution is -0.115. The molecule has 128 valence electrons. The number of hydrogen-bond donors (Lipinski definition) is 2. The van der Waals surface area contributed by atoms with E-state index in [1.165, 1.54) is 23.5 Å². The normalized spacial score (nSPS) is 10.5. The van der Waals surface area contributed by atoms with E-state index in [0.29, 0.717) is 21.5 Å². The van der Waals surface area contributed by atoms with Gasteiger partial charge >= 0.3 is 0 Å². The average Bonchev–Trinajstić information content (AvgIpc) is 3.00. The van der Waals surface area contributed by atoms with Gasteiger partial charge in [-0.1, -0.05) is 17.7 Å². The van der Waals surface area contributed by atoms with E-state index >= 15 is 0 Å². The van der Waals surface area contributed by atoms with Crippen LogP contribution in [0.5, 0.6) is 0 Å². The van der Waals surface area contributed by atoms with E-state index in [0.717, 1.165) is 11.3 Å². The van der Waals surface area contributed by atoms with Gasteiger partial charge in [0.1, 0.15) is 5.82 Å². The fraction of sp³-hybridized carbons (Fsp3) is 0.111. The van der Waals surface area contributed by atoms with Crippen LogP contribution in [0.2, 0.25) is 5.02 Å². The number of carbonyl (C=O) groups excluding carboxylic acids is 1. The monoisotopic (exact) mass is 375 g/mol. The molecule has 1 heterocycles. The quantitative estimate of drug-likeness (QED) is 0.646. The number of thiazole rings is 1. The Balaban J connectivity index is 1.61. The van der Waals surface area contributed by atoms with Gasteiger partial charge < -0.3 is 10.6 Å². The highest BCUT2D eigenvalue weighted by atomic mass is 35.5. The maximum Gasteiger partial charge on any atom is 0.230 e. The van der Waals surface area contributed by atoms with Gasteiger partial charge in [-0.25, -0.2) is 9.37 Å². The van der Waals surface area contributed by atoms with Crippen LogP contribution in [0.25, 0.3) is 0 Å². The molecule has 0 aliphatic carbocycles. The molecule has 0 spiro atoms. The van der Waals surface area contributed by atoms with Crippen LogP contribution >= 0.6 is 22.9 Å². The number of rotatable bonds is 5. The number of anilines is 3. The van der Waals surface area contributed by atoms with E-state index in [1.807, 2.05) is 18.4 Å². The Bertz CT molecular complexity index is 896. The second-order valence-corrected chi connectivity index (χ2v) is 6.75. The van der Waals surface area contributed by atoms with Crippen molar-refractivity contribution >= 4 is 45.4 Å². The third-order valence-electron chi connectivity index (χ3n) is 3.46. The van der Waals surface area contributed by atoms with Gasteiger partial charge in [-0.2, -0.15) is 0 Å². The van der Waals surface area contributed by atoms with Gasteiger partial charge in [-0.15, -0.1) is 11.3 Å². The van der Waals surface area contributed by atoms with Crippen LogP contribution in [0.1, 0.15) is 11.3 Å². The standard InChI is InChI=1S/C18H15ClFN3OS/c1-11-2-3-12(19)8-16(11)23-17(24)9-15-10-25-18(22-15)21-14-6-4-13(20)5-7-14/h2-8,10H,9H2,1H3,(H,21,22)(H,23,24). The number of nitrogens with one attached hydrogen (secondary N) is 2. The molecule has 2 N–H and O–H groups in total. The van der Waals surface area contributed by atoms with Crippen molar-refractivity contribution < 1.29 is 9.18 Å². The minimum atomic E-state index is -0.293. The molecular weight excluding hydrogens is 361 g/mol. The number of benzene rings is 2. The van der Waals surface area contributed by atoms with Crippen LogP contribution in [0.15, 0.2) is 47.8 Å². The Morgan fingerprint density at radius 3 is 2.76 bits per heavy atom. The van der Waals surface area contributed by atoms with Crippen molar-refractivity contribution in [1.82, 2.24) is 4.98 Å². The Morgan fingerprint density at radius 2 is 2.00 bits per heavy atom. The second-order valence-electron chi connectivity index (χ2n) is 5.46. The summed E-state index contributed by atoms with van der Waals surface area (Å²) >= 11 is 7.34. The molecule has 4 nitrogen and oxygen atoms in total. The van der Waals surface area contributed by atoms with Crippen molar-refractivity contribution in [3.8, 4) is 0 Å². The van der Waals surface area contributed by atoms with E-state index in [1.54, 1.807) is 24.3 Å². The minimum Gasteiger partial charge on any atom is -0.332 e. The van der Waals surface area contributed by atoms with Gasteiger partial charge in [0.15, 0.2) is 5.13 Å². The minimum absolute atomic E-state index is 0.160. The predicted octanol–water partition coefficient (Wildman–Crippen LogP) is 5.17. The molecule has 0 saturated carbocycles. The topological polar surface area (TPSA) is 54.0 Å². The number of carbonyl (C=O) groups is 1. The number of hydrogen-bond acceptors (Lipinski definition) is 4. The number of nitrogens with zero attached hydrogens (tertiary/aromatic N) is 1. The molecule has 1 aromatic heterocycles. The Labute approximate surface area is 153 Å². The SMILES string of the molecule is Cc1ccc(Cl)cc1NC(=O)Cc1csc(Nc2ccc(F)cc2)n1. The predicted molar refractivity (Wildman–Crippen MR) is 100 cm³/mol. The highest BCUT2D eigenvalue weighted by Crippen LogP contribution is 2.23. The van der Waals surface area contributed by atoms with Crippen molar-refractivity contribution in [3.63, 3.8) is 0 Å². The Morgan fingerprint density at radius 1 is 1.24 bits per heavy atom. The molecule has 0 aliphatic rings. The maximum absolute atomic E-state index is 12.9. The number of aromatic nitrogens is 1. The molecule has 7 heteroatoms. The molecule has 0 saturated heterocycles. The van der Waals surface area contributed by atoms with Crippen LogP contribution in [0.3, 0.4) is 0 Å². The summed E-state index contributed by atoms with van der Waals surface area (Å²) in [6.07, 6.45) is 0.160. The molecule has 0 aliphatic heterocycles. The van der Waals surface area contributed by atoms with Crippen molar-refractivity contribution in [2.75, 3.05) is 10.6 Å². The maximum atomic E-state index is 12.9. The number of halogens is 2. The van der Waals surface area contributed by atoms with Gasteiger partial charge in [0.25, 0.3) is 0 Å². The average molecular weight is 376 g/mol. The molecule has 0 bridgehead atoms. The first-order chi connectivity index (χ1) is 12.0. The molecule has 1 amide bonds. The van der Waals surface area contributed by atoms with Crippen LogP contribution < -0.4 is 10.6 Å². The lowest BCUT2D eigenvalue weighted by Crippen LogP contribution is -2.15. The lowest BCUT2D eigenvalue weighted by Gasteiger charge is -2.08. The van der Waals surface area contributed by atoms with Gasteiger partial charge in [0.05, 0.1) is 12.1 Å². The first-order valence-corrected chi connectivity index (χ1v) is 8.78. The third-order valence-corrected chi connectivity index (χ3v) is 4.50. The fourth-order valence-corrected chi connectivity index (χ4v) is 3.09. The van der Waals surface area contributed by atoms with Gasteiger partial charge in [-0.3, -0.25) is 4.79 Å². The molecule has 3 aromatic rings. The molecule has 0 unspecified atom stereocenters. The first-order valence-electron chi connectivity index (χ1n) is 7.52. The molecule has 0 atom stereocenters. The molecular formula is C18H15ClFN3OS. The summed E-state index contributed by atoms with van der Waals surface area (Å²) < 4.78 is 12.9. The van der Waals surface area contributed by atoms with Crippen molar-refractivity contribution in [3.05, 3.63) is 69.9 Å². The van der Waals surface area contributed by atoms with Crippen LogP contribution in [0, 0.1) is 12.7 Å². The van der Waals surface area contributed by atoms with E-state index in [9.17, 15) is 9.18 Å². The number of amides is 1. The Hall–Kier alpha value is -2.44. The molecule has 25 heavy (non-hydrogen) atoms. The zero-order chi connectivity index (χ0) is 17.8. The number of aryl methyl sites for hydroxylation is 1. The van der Waals surface area contributed by atoms with Gasteiger partial charge in [-0.05, 0) is 48.9 Å². The smallest absolute Gasteiger partial charge is 0.230 e. The van der Waals surface area contributed by atoms with E-state index in [2.05, 4.69) is 15.6 Å². The second kappa shape index (κ2) is 7.63. The summed E-state index contributed by atoms with van der Waals surface area (Å²) in [5.41, 5.74) is 3.03. The molecule has 2 aromatic carbocycles. The molecule has 3 rings (SSSR count). The zero-order valence-electron chi connectivity index (χ0n) is 13.3. The van der Waals surface area contributed by atoms with Crippen molar-refractivity contribution in [1.29, 1.82) is 0 Å². The molecule has 0 radical (unpaired) electrons. The first kappa shape index (κ1) is 17.4. The summed E-state index contributed by atoms with van der Waals surface area (Å²) in [6.45, 7) is 1.90. The zero-order valence-corrected chi connectivity index (χ0v) is 14.9. The highest BCUT2D eigenvalue weighted by Gasteiger charge is 2.10. The Kier molecular flexibility index (Phi) is 5.31. The van der Waals surface area contributed by atoms with Crippen molar-refractivity contribution in [2.45, 2.75) is 13.3 Å².